The van der Waals surface area contributed by atoms with E-state index in [-0.39, 0.29) is 22.3 Å². The first-order valence-electron chi connectivity index (χ1n) is 11.1. The second-order valence-corrected chi connectivity index (χ2v) is 12.8. The normalized spacial score (nSPS) is 11.9. The lowest BCUT2D eigenvalue weighted by Crippen LogP contribution is -2.18. The molecule has 0 saturated heterocycles. The summed E-state index contributed by atoms with van der Waals surface area (Å²) in [5.74, 6) is -0.322. The third kappa shape index (κ3) is 5.19. The minimum Gasteiger partial charge on any atom is -0.504 e. The van der Waals surface area contributed by atoms with Crippen LogP contribution in [0.25, 0.3) is 10.9 Å². The third-order valence-electron chi connectivity index (χ3n) is 5.93. The molecule has 0 aliphatic carbocycles. The molecule has 0 fully saturated rings. The first kappa shape index (κ1) is 27.8. The second kappa shape index (κ2) is 10.1. The summed E-state index contributed by atoms with van der Waals surface area (Å²) in [6.07, 6.45) is 0. The van der Waals surface area contributed by atoms with Gasteiger partial charge in [0, 0.05) is 29.5 Å². The molecule has 200 valence electrons. The van der Waals surface area contributed by atoms with Crippen LogP contribution in [0.5, 0.6) is 5.75 Å². The molecule has 0 atom stereocenters. The van der Waals surface area contributed by atoms with Crippen LogP contribution >= 0.6 is 23.2 Å². The van der Waals surface area contributed by atoms with Crippen molar-refractivity contribution in [1.29, 1.82) is 0 Å². The highest BCUT2D eigenvalue weighted by molar-refractivity contribution is 7.93. The lowest BCUT2D eigenvalue weighted by molar-refractivity contribution is 0.463. The molecule has 1 aromatic heterocycles. The Morgan fingerprint density at radius 3 is 1.79 bits per heavy atom. The van der Waals surface area contributed by atoms with Crippen molar-refractivity contribution in [2.24, 2.45) is 0 Å². The fraction of sp³-hybridized carbons (Fsp3) is 0.160. The number of fused-ring (bicyclic) bond motifs is 1. The van der Waals surface area contributed by atoms with Crippen molar-refractivity contribution in [1.82, 2.24) is 4.98 Å². The number of phenolic OH excluding ortho intramolecular Hbond substituents is 1. The monoisotopic (exact) mass is 594 g/mol. The van der Waals surface area contributed by atoms with E-state index in [4.69, 9.17) is 23.2 Å². The zero-order valence-corrected chi connectivity index (χ0v) is 23.9. The minimum absolute atomic E-state index is 0.0261. The molecule has 3 N–H and O–H groups in total. The van der Waals surface area contributed by atoms with Gasteiger partial charge in [-0.25, -0.2) is 21.8 Å². The number of hydrogen-bond donors (Lipinski definition) is 3. The number of aromatic hydroxyl groups is 1. The van der Waals surface area contributed by atoms with Crippen LogP contribution in [0, 0.1) is 13.8 Å². The fourth-order valence-corrected chi connectivity index (χ4v) is 6.74. The number of hydrogen-bond acceptors (Lipinski definition) is 7. The maximum atomic E-state index is 13.6. The summed E-state index contributed by atoms with van der Waals surface area (Å²) in [6.45, 7) is 3.27. The quantitative estimate of drug-likeness (QED) is 0.256. The van der Waals surface area contributed by atoms with Crippen LogP contribution in [0.4, 0.5) is 17.2 Å². The van der Waals surface area contributed by atoms with Crippen LogP contribution in [-0.4, -0.2) is 41.0 Å². The SMILES string of the molecule is Cc1c(Cl)cccc1NS(=O)(=O)c1cc(S(=O)(=O)Nc2cccc(Cl)c2C)c2ccc(N(C)C)nc2c1O. The molecule has 38 heavy (non-hydrogen) atoms. The molecule has 0 spiro atoms. The first-order valence-corrected chi connectivity index (χ1v) is 14.8. The molecule has 13 heteroatoms. The van der Waals surface area contributed by atoms with E-state index in [0.29, 0.717) is 27.0 Å². The summed E-state index contributed by atoms with van der Waals surface area (Å²) in [5, 5.41) is 11.8. The number of anilines is 3. The summed E-state index contributed by atoms with van der Waals surface area (Å²) in [5.41, 5.74) is 1.12. The number of benzene rings is 3. The van der Waals surface area contributed by atoms with Crippen molar-refractivity contribution in [3.05, 3.63) is 75.8 Å². The number of pyridine rings is 1. The van der Waals surface area contributed by atoms with Gasteiger partial charge < -0.3 is 10.0 Å². The zero-order chi connectivity index (χ0) is 28.0. The molecule has 0 bridgehead atoms. The lowest BCUT2D eigenvalue weighted by Gasteiger charge is -2.18. The van der Waals surface area contributed by atoms with Gasteiger partial charge in [-0.1, -0.05) is 35.3 Å². The average Bonchev–Trinajstić information content (AvgIpc) is 2.84. The molecule has 9 nitrogen and oxygen atoms in total. The second-order valence-electron chi connectivity index (χ2n) is 8.72. The number of sulfonamides is 2. The maximum absolute atomic E-state index is 13.6. The minimum atomic E-state index is -4.50. The van der Waals surface area contributed by atoms with Crippen LogP contribution in [-0.2, 0) is 20.0 Å². The van der Waals surface area contributed by atoms with Gasteiger partial charge in [0.1, 0.15) is 16.2 Å². The van der Waals surface area contributed by atoms with E-state index < -0.39 is 35.6 Å². The Kier molecular flexibility index (Phi) is 7.41. The van der Waals surface area contributed by atoms with E-state index in [2.05, 4.69) is 14.4 Å². The smallest absolute Gasteiger partial charge is 0.265 e. The maximum Gasteiger partial charge on any atom is 0.265 e. The van der Waals surface area contributed by atoms with Crippen molar-refractivity contribution in [3.8, 4) is 5.75 Å². The number of halogens is 2. The highest BCUT2D eigenvalue weighted by Gasteiger charge is 2.29. The van der Waals surface area contributed by atoms with Crippen LogP contribution in [0.3, 0.4) is 0 Å². The molecular weight excluding hydrogens is 571 g/mol. The number of rotatable bonds is 7. The van der Waals surface area contributed by atoms with Crippen molar-refractivity contribution >= 4 is 71.3 Å². The highest BCUT2D eigenvalue weighted by Crippen LogP contribution is 2.39. The number of aromatic nitrogens is 1. The van der Waals surface area contributed by atoms with E-state index >= 15 is 0 Å². The van der Waals surface area contributed by atoms with E-state index in [1.807, 2.05) is 0 Å². The molecule has 0 aliphatic rings. The van der Waals surface area contributed by atoms with Crippen LogP contribution in [0.2, 0.25) is 10.0 Å². The van der Waals surface area contributed by atoms with Crippen LogP contribution < -0.4 is 14.3 Å². The fourth-order valence-electron chi connectivity index (χ4n) is 3.72. The van der Waals surface area contributed by atoms with Crippen molar-refractivity contribution in [2.75, 3.05) is 28.4 Å². The van der Waals surface area contributed by atoms with Crippen molar-refractivity contribution in [3.63, 3.8) is 0 Å². The van der Waals surface area contributed by atoms with Gasteiger partial charge in [0.05, 0.1) is 16.3 Å². The van der Waals surface area contributed by atoms with E-state index in [9.17, 15) is 21.9 Å². The Bertz CT molecular complexity index is 1790. The van der Waals surface area contributed by atoms with Crippen LogP contribution in [0.1, 0.15) is 11.1 Å². The zero-order valence-electron chi connectivity index (χ0n) is 20.7. The first-order chi connectivity index (χ1) is 17.7. The Hall–Kier alpha value is -3.25. The molecule has 4 rings (SSSR count). The summed E-state index contributed by atoms with van der Waals surface area (Å²) in [6, 6.07) is 13.3. The molecular formula is C25H24Cl2N4O5S2. The van der Waals surface area contributed by atoms with Gasteiger partial charge >= 0.3 is 0 Å². The van der Waals surface area contributed by atoms with Gasteiger partial charge in [0.15, 0.2) is 5.75 Å². The van der Waals surface area contributed by atoms with Crippen LogP contribution in [0.15, 0.2) is 64.4 Å². The molecule has 3 aromatic carbocycles. The summed E-state index contributed by atoms with van der Waals surface area (Å²) >= 11 is 12.3. The largest absolute Gasteiger partial charge is 0.504 e. The van der Waals surface area contributed by atoms with E-state index in [1.165, 1.54) is 18.2 Å². The van der Waals surface area contributed by atoms with Gasteiger partial charge in [-0.3, -0.25) is 9.44 Å². The Labute approximate surface area is 231 Å². The molecule has 0 saturated carbocycles. The third-order valence-corrected chi connectivity index (χ3v) is 9.53. The predicted octanol–water partition coefficient (Wildman–Crippen LogP) is 5.53. The summed E-state index contributed by atoms with van der Waals surface area (Å²) in [7, 11) is -5.48. The Morgan fingerprint density at radius 2 is 1.29 bits per heavy atom. The lowest BCUT2D eigenvalue weighted by atomic mass is 10.2. The topological polar surface area (TPSA) is 129 Å². The molecule has 4 aromatic rings. The van der Waals surface area contributed by atoms with Gasteiger partial charge in [0.25, 0.3) is 20.0 Å². The molecule has 0 amide bonds. The van der Waals surface area contributed by atoms with E-state index in [0.717, 1.165) is 6.07 Å². The van der Waals surface area contributed by atoms with Crippen molar-refractivity contribution in [2.45, 2.75) is 23.6 Å². The standard InChI is InChI=1S/C25H24Cl2N4O5S2/c1-14-17(26)7-5-9-19(14)29-37(33,34)21-13-22(25(32)24-16(21)11-12-23(28-24)31(3)4)38(35,36)30-20-10-6-8-18(27)15(20)2/h5-13,29-30,32H,1-4H3. The predicted molar refractivity (Wildman–Crippen MR) is 152 cm³/mol. The van der Waals surface area contributed by atoms with Crippen molar-refractivity contribution < 1.29 is 21.9 Å². The number of phenols is 1. The average molecular weight is 596 g/mol. The van der Waals surface area contributed by atoms with Gasteiger partial charge in [0.2, 0.25) is 0 Å². The summed E-state index contributed by atoms with van der Waals surface area (Å²) in [4.78, 5) is 4.92. The molecule has 0 radical (unpaired) electrons. The number of nitrogens with zero attached hydrogens (tertiary/aromatic N) is 2. The molecule has 1 heterocycles. The van der Waals surface area contributed by atoms with Gasteiger partial charge in [-0.2, -0.15) is 0 Å². The molecule has 0 aliphatic heterocycles. The van der Waals surface area contributed by atoms with Gasteiger partial charge in [-0.15, -0.1) is 0 Å². The summed E-state index contributed by atoms with van der Waals surface area (Å²) < 4.78 is 59.1. The highest BCUT2D eigenvalue weighted by atomic mass is 35.5. The molecule has 0 unspecified atom stereocenters. The van der Waals surface area contributed by atoms with Gasteiger partial charge in [-0.05, 0) is 67.4 Å². The Morgan fingerprint density at radius 1 is 0.789 bits per heavy atom. The Balaban J connectivity index is 1.97. The van der Waals surface area contributed by atoms with E-state index in [1.54, 1.807) is 63.2 Å². The number of nitrogens with one attached hydrogen (secondary N) is 2.